The lowest BCUT2D eigenvalue weighted by atomic mass is 9.95. The molecule has 0 aliphatic carbocycles. The third-order valence-corrected chi connectivity index (χ3v) is 9.20. The molecule has 0 saturated carbocycles. The van der Waals surface area contributed by atoms with E-state index in [0.717, 1.165) is 17.5 Å². The van der Waals surface area contributed by atoms with Gasteiger partial charge in [-0.25, -0.2) is 19.2 Å². The number of ether oxygens (including phenoxy) is 1. The van der Waals surface area contributed by atoms with Gasteiger partial charge >= 0.3 is 14.6 Å². The zero-order chi connectivity index (χ0) is 36.8. The van der Waals surface area contributed by atoms with Crippen LogP contribution in [0.3, 0.4) is 0 Å². The van der Waals surface area contributed by atoms with Crippen molar-refractivity contribution in [1.82, 2.24) is 20.6 Å². The molecule has 1 saturated heterocycles. The number of aromatic nitrogens is 2. The monoisotopic (exact) mass is 720 g/mol. The summed E-state index contributed by atoms with van der Waals surface area (Å²) in [5.74, 6) is -0.101. The molecular formula is C38H50FN6O5P. The quantitative estimate of drug-likeness (QED) is 0.0629. The molecule has 0 spiro atoms. The minimum Gasteiger partial charge on any atom is -0.397 e. The zero-order valence-electron chi connectivity index (χ0n) is 30.3. The Kier molecular flexibility index (Phi) is 15.1. The van der Waals surface area contributed by atoms with Crippen LogP contribution >= 0.6 is 8.60 Å². The Hall–Kier alpha value is -4.19. The normalized spacial score (nSPS) is 14.2. The Balaban J connectivity index is 0.00000286. The Morgan fingerprint density at radius 1 is 1.02 bits per heavy atom. The van der Waals surface area contributed by atoms with Crippen molar-refractivity contribution in [2.24, 2.45) is 0 Å². The summed E-state index contributed by atoms with van der Waals surface area (Å²) in [6.45, 7) is 11.2. The maximum atomic E-state index is 16.5. The molecule has 11 nitrogen and oxygen atoms in total. The highest BCUT2D eigenvalue weighted by Crippen LogP contribution is 2.48. The minimum absolute atomic E-state index is 0.119. The number of halogens is 1. The zero-order valence-corrected chi connectivity index (χ0v) is 31.2. The molecule has 2 heterocycles. The lowest BCUT2D eigenvalue weighted by molar-refractivity contribution is 0.0480. The number of urea groups is 1. The second-order valence-corrected chi connectivity index (χ2v) is 13.3. The first-order valence-corrected chi connectivity index (χ1v) is 18.4. The molecule has 0 bridgehead atoms. The Labute approximate surface area is 302 Å². The number of rotatable bonds is 15. The topological polar surface area (TPSA) is 133 Å². The molecule has 4 aromatic rings. The first-order chi connectivity index (χ1) is 24.7. The van der Waals surface area contributed by atoms with Crippen LogP contribution in [0.15, 0.2) is 79.1 Å². The summed E-state index contributed by atoms with van der Waals surface area (Å²) in [6, 6.07) is 20.8. The maximum absolute atomic E-state index is 16.5. The van der Waals surface area contributed by atoms with Gasteiger partial charge < -0.3 is 35.1 Å². The van der Waals surface area contributed by atoms with Crippen LogP contribution in [0.1, 0.15) is 76.1 Å². The largest absolute Gasteiger partial charge is 0.397 e. The number of nitrogens with two attached hydrogens (primary N) is 1. The van der Waals surface area contributed by atoms with E-state index >= 15 is 4.39 Å². The van der Waals surface area contributed by atoms with Gasteiger partial charge in [0, 0.05) is 49.3 Å². The highest BCUT2D eigenvalue weighted by molar-refractivity contribution is 7.41. The van der Waals surface area contributed by atoms with Crippen LogP contribution < -0.4 is 21.3 Å². The third-order valence-electron chi connectivity index (χ3n) is 7.91. The molecule has 1 fully saturated rings. The average Bonchev–Trinajstić information content (AvgIpc) is 3.69. The number of hydrogen-bond donors (Lipinski definition) is 3. The highest BCUT2D eigenvalue weighted by atomic mass is 31.2. The molecule has 1 aliphatic heterocycles. The molecule has 1 unspecified atom stereocenters. The Bertz CT molecular complexity index is 1620. The first kappa shape index (κ1) is 39.6. The molecule has 274 valence electrons. The lowest BCUT2D eigenvalue weighted by Gasteiger charge is -2.28. The smallest absolute Gasteiger partial charge is 0.334 e. The fourth-order valence-corrected chi connectivity index (χ4v) is 6.56. The van der Waals surface area contributed by atoms with E-state index in [9.17, 15) is 4.79 Å². The maximum Gasteiger partial charge on any atom is 0.334 e. The number of carbonyl (C=O) groups is 1. The van der Waals surface area contributed by atoms with Crippen LogP contribution in [0.5, 0.6) is 0 Å². The van der Waals surface area contributed by atoms with Crippen molar-refractivity contribution in [2.45, 2.75) is 72.4 Å². The third kappa shape index (κ3) is 10.9. The van der Waals surface area contributed by atoms with Crippen molar-refractivity contribution < 1.29 is 27.5 Å². The fourth-order valence-electron chi connectivity index (χ4n) is 5.42. The van der Waals surface area contributed by atoms with Gasteiger partial charge in [-0.1, -0.05) is 74.5 Å². The average molecular weight is 721 g/mol. The van der Waals surface area contributed by atoms with Crippen molar-refractivity contribution in [3.8, 4) is 11.1 Å². The summed E-state index contributed by atoms with van der Waals surface area (Å²) >= 11 is 0. The Morgan fingerprint density at radius 2 is 1.61 bits per heavy atom. The van der Waals surface area contributed by atoms with E-state index in [1.165, 1.54) is 0 Å². The molecule has 2 amide bonds. The van der Waals surface area contributed by atoms with Gasteiger partial charge in [-0.05, 0) is 50.8 Å². The van der Waals surface area contributed by atoms with E-state index in [4.69, 9.17) is 24.0 Å². The predicted octanol–water partition coefficient (Wildman–Crippen LogP) is 8.37. The van der Waals surface area contributed by atoms with Crippen molar-refractivity contribution in [1.29, 1.82) is 0 Å². The molecule has 1 aromatic heterocycles. The fraction of sp³-hybridized carbons (Fsp3) is 0.395. The lowest BCUT2D eigenvalue weighted by Crippen LogP contribution is -2.42. The molecule has 5 rings (SSSR count). The van der Waals surface area contributed by atoms with E-state index in [1.807, 2.05) is 95.3 Å². The van der Waals surface area contributed by atoms with Gasteiger partial charge in [0.2, 0.25) is 0 Å². The van der Waals surface area contributed by atoms with Crippen LogP contribution in [-0.2, 0) is 37.1 Å². The van der Waals surface area contributed by atoms with Crippen molar-refractivity contribution in [2.75, 3.05) is 37.5 Å². The van der Waals surface area contributed by atoms with Crippen molar-refractivity contribution in [3.05, 3.63) is 107 Å². The van der Waals surface area contributed by atoms with E-state index in [-0.39, 0.29) is 18.3 Å². The Morgan fingerprint density at radius 3 is 2.14 bits per heavy atom. The van der Waals surface area contributed by atoms with E-state index in [2.05, 4.69) is 20.6 Å². The molecule has 0 radical (unpaired) electrons. The van der Waals surface area contributed by atoms with E-state index < -0.39 is 26.1 Å². The van der Waals surface area contributed by atoms with Gasteiger partial charge in [-0.2, -0.15) is 0 Å². The number of nitrogen functional groups attached to an aromatic ring is 1. The van der Waals surface area contributed by atoms with Gasteiger partial charge in [-0.3, -0.25) is 4.52 Å². The first-order valence-electron chi connectivity index (χ1n) is 17.3. The van der Waals surface area contributed by atoms with Gasteiger partial charge in [0.25, 0.3) is 0 Å². The van der Waals surface area contributed by atoms with Crippen LogP contribution in [0.2, 0.25) is 0 Å². The molecule has 13 heteroatoms. The molecule has 4 N–H and O–H groups in total. The summed E-state index contributed by atoms with van der Waals surface area (Å²) in [4.78, 5) is 22.9. The summed E-state index contributed by atoms with van der Waals surface area (Å²) in [7, 11) is -0.0680. The molecule has 3 aromatic carbocycles. The number of benzene rings is 3. The number of anilines is 2. The SMILES string of the molecule is CC.CCNC(=O)NCN(C)c1c(N)cc(-c2cnc(C(C)(C)OP(OCc3ccccc3)OCc3ccccc3)nc2)c(F)c1C1CCCO1. The van der Waals surface area contributed by atoms with Gasteiger partial charge in [0.05, 0.1) is 37.4 Å². The van der Waals surface area contributed by atoms with E-state index in [1.54, 1.807) is 30.4 Å². The van der Waals surface area contributed by atoms with Crippen molar-refractivity contribution >= 4 is 26.0 Å². The highest BCUT2D eigenvalue weighted by Gasteiger charge is 2.33. The number of carbonyl (C=O) groups excluding carboxylic acids is 1. The summed E-state index contributed by atoms with van der Waals surface area (Å²) in [5.41, 5.74) is 9.39. The van der Waals surface area contributed by atoms with Crippen LogP contribution in [0.4, 0.5) is 20.6 Å². The molecule has 1 aliphatic rings. The number of amides is 2. The van der Waals surface area contributed by atoms with Gasteiger partial charge in [0.1, 0.15) is 11.4 Å². The number of hydrogen-bond acceptors (Lipinski definition) is 9. The number of nitrogens with zero attached hydrogens (tertiary/aromatic N) is 3. The van der Waals surface area contributed by atoms with E-state index in [0.29, 0.717) is 61.1 Å². The predicted molar refractivity (Wildman–Crippen MR) is 200 cm³/mol. The van der Waals surface area contributed by atoms with Gasteiger partial charge in [-0.15, -0.1) is 0 Å². The molecular weight excluding hydrogens is 670 g/mol. The summed E-state index contributed by atoms with van der Waals surface area (Å²) in [6.07, 6.45) is 4.08. The summed E-state index contributed by atoms with van der Waals surface area (Å²) in [5, 5.41) is 5.45. The van der Waals surface area contributed by atoms with Gasteiger partial charge in [0.15, 0.2) is 5.82 Å². The minimum atomic E-state index is -1.82. The van der Waals surface area contributed by atoms with Crippen LogP contribution in [-0.4, -0.2) is 42.9 Å². The van der Waals surface area contributed by atoms with Crippen LogP contribution in [0.25, 0.3) is 11.1 Å². The second kappa shape index (κ2) is 19.4. The standard InChI is InChI=1S/C36H44FN6O5P.C2H6/c1-5-39-35(44)42-24-43(4)33-29(38)19-28(32(37)31(33)30-17-12-18-45-30)27-20-40-34(41-21-27)36(2,3)48-49(46-22-25-13-8-6-9-14-25)47-23-26-15-10-7-11-16-26;1-2/h6-11,13-16,19-21,30H,5,12,17-18,22-24,38H2,1-4H3,(H2,39,42,44);1-2H3. The second-order valence-electron chi connectivity index (χ2n) is 12.1. The molecule has 51 heavy (non-hydrogen) atoms. The number of nitrogens with one attached hydrogen (secondary N) is 2. The van der Waals surface area contributed by atoms with Crippen molar-refractivity contribution in [3.63, 3.8) is 0 Å². The molecule has 1 atom stereocenters. The van der Waals surface area contributed by atoms with Crippen LogP contribution in [0, 0.1) is 5.82 Å². The summed E-state index contributed by atoms with van der Waals surface area (Å²) < 4.78 is 41.1.